The van der Waals surface area contributed by atoms with Crippen LogP contribution in [0.1, 0.15) is 40.4 Å². The maximum absolute atomic E-state index is 14.1. The monoisotopic (exact) mass is 552 g/mol. The Hall–Kier alpha value is -3.80. The van der Waals surface area contributed by atoms with Crippen LogP contribution in [0.15, 0.2) is 42.6 Å². The molecule has 1 aromatic carbocycles. The molecule has 0 bridgehead atoms. The third-order valence-electron chi connectivity index (χ3n) is 7.02. The van der Waals surface area contributed by atoms with Crippen LogP contribution in [0.3, 0.4) is 0 Å². The van der Waals surface area contributed by atoms with E-state index in [0.29, 0.717) is 35.9 Å². The molecule has 1 fully saturated rings. The first-order valence-electron chi connectivity index (χ1n) is 12.7. The molecule has 0 aliphatic carbocycles. The first kappa shape index (κ1) is 25.5. The number of aromatic carboxylic acids is 1. The summed E-state index contributed by atoms with van der Waals surface area (Å²) < 4.78 is 27.4. The van der Waals surface area contributed by atoms with Crippen molar-refractivity contribution in [2.45, 2.75) is 38.6 Å². The molecular formula is C27H26ClFN6O4. The summed E-state index contributed by atoms with van der Waals surface area (Å²) >= 11 is 5.82. The number of carboxylic acids is 1. The zero-order chi connectivity index (χ0) is 26.9. The number of aromatic amines is 1. The van der Waals surface area contributed by atoms with Crippen molar-refractivity contribution < 1.29 is 23.8 Å². The van der Waals surface area contributed by atoms with E-state index < -0.39 is 11.8 Å². The number of halogens is 2. The molecule has 0 amide bonds. The van der Waals surface area contributed by atoms with Crippen molar-refractivity contribution in [3.05, 3.63) is 76.2 Å². The van der Waals surface area contributed by atoms with Gasteiger partial charge in [0.05, 0.1) is 30.4 Å². The van der Waals surface area contributed by atoms with Gasteiger partial charge < -0.3 is 24.1 Å². The van der Waals surface area contributed by atoms with Crippen molar-refractivity contribution in [2.24, 2.45) is 0 Å². The van der Waals surface area contributed by atoms with Crippen molar-refractivity contribution in [1.29, 1.82) is 0 Å². The molecule has 39 heavy (non-hydrogen) atoms. The number of nitrogens with zero attached hydrogens (tertiary/aromatic N) is 5. The second-order valence-corrected chi connectivity index (χ2v) is 10.0. The van der Waals surface area contributed by atoms with Gasteiger partial charge in [0.1, 0.15) is 23.9 Å². The molecule has 2 aliphatic rings. The van der Waals surface area contributed by atoms with E-state index in [0.717, 1.165) is 48.6 Å². The van der Waals surface area contributed by atoms with E-state index in [2.05, 4.69) is 30.5 Å². The molecule has 3 aromatic heterocycles. The summed E-state index contributed by atoms with van der Waals surface area (Å²) in [4.78, 5) is 30.0. The highest BCUT2D eigenvalue weighted by molar-refractivity contribution is 6.30. The van der Waals surface area contributed by atoms with Gasteiger partial charge in [0.2, 0.25) is 0 Å². The number of H-pyrrole nitrogens is 1. The summed E-state index contributed by atoms with van der Waals surface area (Å²) in [7, 11) is 0. The van der Waals surface area contributed by atoms with Gasteiger partial charge in [-0.2, -0.15) is 4.98 Å². The van der Waals surface area contributed by atoms with Crippen molar-refractivity contribution >= 4 is 34.3 Å². The largest absolute Gasteiger partial charge is 0.477 e. The number of aromatic nitrogens is 5. The third-order valence-corrected chi connectivity index (χ3v) is 7.26. The topological polar surface area (TPSA) is 118 Å². The number of rotatable bonds is 9. The fraction of sp³-hybridized carbons (Fsp3) is 0.333. The summed E-state index contributed by atoms with van der Waals surface area (Å²) in [5, 5.41) is 9.69. The standard InChI is InChI=1S/C27H26ClFN6O4/c28-18-2-1-17(20(29)11-18)15-39-27-30-7-3-21(32-27)16-4-8-34(9-5-16)14-24-33-25-23(12-22(31-25)26(36)37)35(24)13-19-6-10-38-19/h1-4,7,11-12,19,31H,5-6,8-10,13-15H2,(H,36,37)/t19-/m0/s1. The Bertz CT molecular complexity index is 1560. The zero-order valence-electron chi connectivity index (χ0n) is 20.9. The Balaban J connectivity index is 1.13. The lowest BCUT2D eigenvalue weighted by atomic mass is 10.0. The summed E-state index contributed by atoms with van der Waals surface area (Å²) in [6.07, 6.45) is 5.63. The molecular weight excluding hydrogens is 527 g/mol. The first-order valence-corrected chi connectivity index (χ1v) is 13.1. The highest BCUT2D eigenvalue weighted by Gasteiger charge is 2.25. The molecule has 5 heterocycles. The van der Waals surface area contributed by atoms with Crippen LogP contribution in [0.5, 0.6) is 6.01 Å². The molecule has 0 saturated carbocycles. The Labute approximate surface area is 228 Å². The minimum Gasteiger partial charge on any atom is -0.477 e. The molecule has 4 aromatic rings. The predicted octanol–water partition coefficient (Wildman–Crippen LogP) is 4.30. The molecule has 202 valence electrons. The van der Waals surface area contributed by atoms with Crippen LogP contribution >= 0.6 is 11.6 Å². The first-order chi connectivity index (χ1) is 18.9. The molecule has 1 saturated heterocycles. The number of hydrogen-bond donors (Lipinski definition) is 2. The van der Waals surface area contributed by atoms with Gasteiger partial charge in [0.25, 0.3) is 0 Å². The molecule has 2 N–H and O–H groups in total. The lowest BCUT2D eigenvalue weighted by Gasteiger charge is -2.29. The van der Waals surface area contributed by atoms with Crippen LogP contribution in [-0.4, -0.2) is 66.3 Å². The molecule has 0 unspecified atom stereocenters. The van der Waals surface area contributed by atoms with Crippen LogP contribution in [0, 0.1) is 5.82 Å². The van der Waals surface area contributed by atoms with E-state index >= 15 is 0 Å². The second kappa shape index (κ2) is 10.8. The van der Waals surface area contributed by atoms with Crippen molar-refractivity contribution in [2.75, 3.05) is 19.7 Å². The molecule has 2 aliphatic heterocycles. The zero-order valence-corrected chi connectivity index (χ0v) is 21.7. The molecule has 12 heteroatoms. The number of carbonyl (C=O) groups is 1. The quantitative estimate of drug-likeness (QED) is 0.315. The van der Waals surface area contributed by atoms with Crippen LogP contribution in [-0.2, 0) is 24.4 Å². The normalized spacial score (nSPS) is 17.7. The van der Waals surface area contributed by atoms with Crippen molar-refractivity contribution in [1.82, 2.24) is 29.4 Å². The van der Waals surface area contributed by atoms with E-state index in [1.54, 1.807) is 24.4 Å². The van der Waals surface area contributed by atoms with Gasteiger partial charge in [-0.15, -0.1) is 0 Å². The van der Waals surface area contributed by atoms with E-state index in [9.17, 15) is 14.3 Å². The van der Waals surface area contributed by atoms with E-state index in [4.69, 9.17) is 26.1 Å². The van der Waals surface area contributed by atoms with Gasteiger partial charge >= 0.3 is 12.0 Å². The Kier molecular flexibility index (Phi) is 7.03. The average molecular weight is 553 g/mol. The lowest BCUT2D eigenvalue weighted by molar-refractivity contribution is -0.0591. The lowest BCUT2D eigenvalue weighted by Crippen LogP contribution is -2.33. The summed E-state index contributed by atoms with van der Waals surface area (Å²) in [5.41, 5.74) is 3.70. The Morgan fingerprint density at radius 2 is 2.15 bits per heavy atom. The van der Waals surface area contributed by atoms with Crippen LogP contribution in [0.25, 0.3) is 16.7 Å². The van der Waals surface area contributed by atoms with Gasteiger partial charge in [-0.3, -0.25) is 4.90 Å². The van der Waals surface area contributed by atoms with Crippen LogP contribution < -0.4 is 4.74 Å². The number of nitrogens with one attached hydrogen (secondary N) is 1. The van der Waals surface area contributed by atoms with Crippen molar-refractivity contribution in [3.8, 4) is 6.01 Å². The summed E-state index contributed by atoms with van der Waals surface area (Å²) in [6.45, 7) is 3.50. The number of carboxylic acid groups (broad SMARTS) is 1. The van der Waals surface area contributed by atoms with E-state index in [-0.39, 0.29) is 24.4 Å². The molecule has 6 rings (SSSR count). The van der Waals surface area contributed by atoms with Crippen LogP contribution in [0.4, 0.5) is 4.39 Å². The highest BCUT2D eigenvalue weighted by Crippen LogP contribution is 2.26. The van der Waals surface area contributed by atoms with Crippen molar-refractivity contribution in [3.63, 3.8) is 0 Å². The molecule has 10 nitrogen and oxygen atoms in total. The number of ether oxygens (including phenoxy) is 2. The maximum atomic E-state index is 14.1. The fourth-order valence-electron chi connectivity index (χ4n) is 4.78. The third kappa shape index (κ3) is 5.51. The Morgan fingerprint density at radius 3 is 2.87 bits per heavy atom. The van der Waals surface area contributed by atoms with E-state index in [1.807, 2.05) is 6.07 Å². The van der Waals surface area contributed by atoms with Gasteiger partial charge in [0, 0.05) is 36.5 Å². The van der Waals surface area contributed by atoms with Crippen LogP contribution in [0.2, 0.25) is 5.02 Å². The van der Waals surface area contributed by atoms with E-state index in [1.165, 1.54) is 6.07 Å². The summed E-state index contributed by atoms with van der Waals surface area (Å²) in [6, 6.07) is 8.10. The Morgan fingerprint density at radius 1 is 1.28 bits per heavy atom. The predicted molar refractivity (Wildman–Crippen MR) is 141 cm³/mol. The van der Waals surface area contributed by atoms with Gasteiger partial charge in [0.15, 0.2) is 5.65 Å². The minimum absolute atomic E-state index is 0.000193. The highest BCUT2D eigenvalue weighted by atomic mass is 35.5. The number of hydrogen-bond acceptors (Lipinski definition) is 7. The van der Waals surface area contributed by atoms with Gasteiger partial charge in [-0.05, 0) is 42.7 Å². The smallest absolute Gasteiger partial charge is 0.352 e. The number of imidazole rings is 1. The second-order valence-electron chi connectivity index (χ2n) is 9.61. The van der Waals surface area contributed by atoms with Gasteiger partial charge in [-0.25, -0.2) is 19.2 Å². The fourth-order valence-corrected chi connectivity index (χ4v) is 4.94. The SMILES string of the molecule is O=C(O)c1cc2c(nc(CN3CC=C(c4ccnc(OCc5ccc(Cl)cc5F)n4)CC3)n2C[C@@H]2CCO2)[nH]1. The molecule has 0 radical (unpaired) electrons. The molecule has 0 spiro atoms. The summed E-state index contributed by atoms with van der Waals surface area (Å²) in [5.74, 6) is -0.577. The molecule has 1 atom stereocenters. The number of benzene rings is 1. The van der Waals surface area contributed by atoms with Gasteiger partial charge in [-0.1, -0.05) is 23.7 Å². The number of fused-ring (bicyclic) bond motifs is 1. The minimum atomic E-state index is -1.01. The average Bonchev–Trinajstić information content (AvgIpc) is 3.45. The maximum Gasteiger partial charge on any atom is 0.352 e.